The minimum atomic E-state index is -0.694. The van der Waals surface area contributed by atoms with Crippen molar-refractivity contribution in [2.45, 2.75) is 39.7 Å². The Balaban J connectivity index is 1.82. The van der Waals surface area contributed by atoms with Crippen LogP contribution in [0.5, 0.6) is 5.75 Å². The molecule has 1 aliphatic rings. The fourth-order valence-corrected chi connectivity index (χ4v) is 3.58. The number of phenolic OH excluding ortho intramolecular Hbond substituents is 1. The van der Waals surface area contributed by atoms with E-state index in [1.54, 1.807) is 24.0 Å². The molecule has 0 spiro atoms. The number of anilines is 2. The van der Waals surface area contributed by atoms with Crippen LogP contribution in [0.2, 0.25) is 0 Å². The number of amides is 2. The molecule has 2 atom stereocenters. The van der Waals surface area contributed by atoms with Crippen LogP contribution in [-0.4, -0.2) is 33.3 Å². The van der Waals surface area contributed by atoms with Crippen molar-refractivity contribution in [3.05, 3.63) is 47.2 Å². The van der Waals surface area contributed by atoms with Crippen LogP contribution in [-0.2, 0) is 9.59 Å². The number of hydrogen-bond acceptors (Lipinski definition) is 5. The first kappa shape index (κ1) is 19.7. The zero-order valence-corrected chi connectivity index (χ0v) is 16.4. The lowest BCUT2D eigenvalue weighted by Gasteiger charge is -2.38. The largest absolute Gasteiger partial charge is 0.508 e. The predicted octanol–water partition coefficient (Wildman–Crippen LogP) is 2.92. The first-order valence-electron chi connectivity index (χ1n) is 9.40. The van der Waals surface area contributed by atoms with E-state index in [1.807, 2.05) is 19.1 Å². The first-order chi connectivity index (χ1) is 13.3. The van der Waals surface area contributed by atoms with Crippen LogP contribution in [0.3, 0.4) is 0 Å². The van der Waals surface area contributed by atoms with Gasteiger partial charge in [-0.2, -0.15) is 0 Å². The summed E-state index contributed by atoms with van der Waals surface area (Å²) < 4.78 is 0. The maximum absolute atomic E-state index is 13.0. The van der Waals surface area contributed by atoms with Gasteiger partial charge in [-0.1, -0.05) is 19.1 Å². The number of hydrogen-bond donors (Lipinski definition) is 3. The van der Waals surface area contributed by atoms with Gasteiger partial charge in [-0.15, -0.1) is 0 Å². The third kappa shape index (κ3) is 4.08. The maximum Gasteiger partial charge on any atom is 0.313 e. The van der Waals surface area contributed by atoms with Crippen molar-refractivity contribution < 1.29 is 14.7 Å². The van der Waals surface area contributed by atoms with Gasteiger partial charge in [0.2, 0.25) is 0 Å². The first-order valence-corrected chi connectivity index (χ1v) is 9.40. The standard InChI is InChI=1S/C21H26N4O3/c1-12-4-6-17(15-5-7-18(26)13(2)8-15)25(11-12)21(28)20(27)24-16-9-14(3)19(22)23-10-16/h5,7-10,12,17,26H,4,6,11H2,1-3H3,(H2,22,23)(H,24,27)/t12-,17+/m0/s1. The van der Waals surface area contributed by atoms with Crippen LogP contribution in [0.25, 0.3) is 0 Å². The molecule has 0 unspecified atom stereocenters. The Morgan fingerprint density at radius 2 is 1.96 bits per heavy atom. The lowest BCUT2D eigenvalue weighted by Crippen LogP contribution is -2.46. The number of piperidine rings is 1. The molecule has 0 bridgehead atoms. The van der Waals surface area contributed by atoms with Crippen molar-refractivity contribution in [1.82, 2.24) is 9.88 Å². The highest BCUT2D eigenvalue weighted by Gasteiger charge is 2.34. The number of benzene rings is 1. The molecule has 2 amide bonds. The van der Waals surface area contributed by atoms with Crippen molar-refractivity contribution in [3.63, 3.8) is 0 Å². The Kier molecular flexibility index (Phi) is 5.53. The lowest BCUT2D eigenvalue weighted by molar-refractivity contribution is -0.146. The van der Waals surface area contributed by atoms with E-state index in [9.17, 15) is 14.7 Å². The van der Waals surface area contributed by atoms with Crippen LogP contribution in [0.1, 0.15) is 42.5 Å². The maximum atomic E-state index is 13.0. The lowest BCUT2D eigenvalue weighted by atomic mass is 9.89. The van der Waals surface area contributed by atoms with Gasteiger partial charge in [0.05, 0.1) is 17.9 Å². The molecule has 1 saturated heterocycles. The highest BCUT2D eigenvalue weighted by molar-refractivity contribution is 6.39. The van der Waals surface area contributed by atoms with E-state index in [1.165, 1.54) is 6.20 Å². The number of nitrogens with zero attached hydrogens (tertiary/aromatic N) is 2. The molecule has 1 fully saturated rings. The molecule has 2 aromatic rings. The average Bonchev–Trinajstić information content (AvgIpc) is 2.66. The molecule has 2 heterocycles. The topological polar surface area (TPSA) is 109 Å². The van der Waals surface area contributed by atoms with Crippen molar-refractivity contribution in [2.75, 3.05) is 17.6 Å². The Hall–Kier alpha value is -3.09. The van der Waals surface area contributed by atoms with Gasteiger partial charge in [0.25, 0.3) is 0 Å². The van der Waals surface area contributed by atoms with Crippen molar-refractivity contribution in [1.29, 1.82) is 0 Å². The Morgan fingerprint density at radius 3 is 2.64 bits per heavy atom. The fraction of sp³-hybridized carbons (Fsp3) is 0.381. The van der Waals surface area contributed by atoms with E-state index in [0.717, 1.165) is 29.5 Å². The molecule has 0 aliphatic carbocycles. The summed E-state index contributed by atoms with van der Waals surface area (Å²) in [6, 6.07) is 6.82. The summed E-state index contributed by atoms with van der Waals surface area (Å²) in [5.41, 5.74) is 8.54. The summed E-state index contributed by atoms with van der Waals surface area (Å²) in [5, 5.41) is 12.4. The second-order valence-corrected chi connectivity index (χ2v) is 7.58. The van der Waals surface area contributed by atoms with Gasteiger partial charge < -0.3 is 21.1 Å². The molecule has 0 radical (unpaired) electrons. The number of nitrogens with one attached hydrogen (secondary N) is 1. The van der Waals surface area contributed by atoms with Crippen LogP contribution >= 0.6 is 0 Å². The molecule has 3 rings (SSSR count). The van der Waals surface area contributed by atoms with E-state index in [2.05, 4.69) is 17.2 Å². The molecular formula is C21H26N4O3. The number of nitrogen functional groups attached to an aromatic ring is 1. The number of aryl methyl sites for hydroxylation is 2. The van der Waals surface area contributed by atoms with Crippen LogP contribution < -0.4 is 11.1 Å². The molecule has 0 saturated carbocycles. The van der Waals surface area contributed by atoms with Gasteiger partial charge in [0.1, 0.15) is 11.6 Å². The van der Waals surface area contributed by atoms with Gasteiger partial charge in [-0.05, 0) is 61.4 Å². The van der Waals surface area contributed by atoms with E-state index < -0.39 is 11.8 Å². The van der Waals surface area contributed by atoms with Gasteiger partial charge in [-0.25, -0.2) is 4.98 Å². The number of rotatable bonds is 2. The number of carbonyl (C=O) groups is 2. The average molecular weight is 382 g/mol. The molecule has 4 N–H and O–H groups in total. The van der Waals surface area contributed by atoms with Gasteiger partial charge in [0, 0.05) is 6.54 Å². The van der Waals surface area contributed by atoms with E-state index in [0.29, 0.717) is 24.0 Å². The minimum absolute atomic E-state index is 0.194. The summed E-state index contributed by atoms with van der Waals surface area (Å²) in [4.78, 5) is 31.2. The molecule has 1 aliphatic heterocycles. The summed E-state index contributed by atoms with van der Waals surface area (Å²) >= 11 is 0. The van der Waals surface area contributed by atoms with Crippen molar-refractivity contribution >= 4 is 23.3 Å². The van der Waals surface area contributed by atoms with E-state index in [4.69, 9.17) is 5.73 Å². The van der Waals surface area contributed by atoms with Crippen molar-refractivity contribution in [2.24, 2.45) is 5.92 Å². The quantitative estimate of drug-likeness (QED) is 0.692. The number of likely N-dealkylation sites (tertiary alicyclic amines) is 1. The molecule has 148 valence electrons. The Morgan fingerprint density at radius 1 is 1.21 bits per heavy atom. The highest BCUT2D eigenvalue weighted by Crippen LogP contribution is 2.35. The second kappa shape index (κ2) is 7.88. The predicted molar refractivity (Wildman–Crippen MR) is 108 cm³/mol. The molecule has 7 nitrogen and oxygen atoms in total. The number of pyridine rings is 1. The molecule has 7 heteroatoms. The molecule has 1 aromatic heterocycles. The Bertz CT molecular complexity index is 913. The summed E-state index contributed by atoms with van der Waals surface area (Å²) in [5.74, 6) is -0.351. The zero-order chi connectivity index (χ0) is 20.4. The van der Waals surface area contributed by atoms with E-state index >= 15 is 0 Å². The summed E-state index contributed by atoms with van der Waals surface area (Å²) in [7, 11) is 0. The third-order valence-corrected chi connectivity index (χ3v) is 5.25. The molecule has 28 heavy (non-hydrogen) atoms. The highest BCUT2D eigenvalue weighted by atomic mass is 16.3. The number of nitrogens with two attached hydrogens (primary N) is 1. The minimum Gasteiger partial charge on any atom is -0.508 e. The normalized spacial score (nSPS) is 19.3. The second-order valence-electron chi connectivity index (χ2n) is 7.58. The van der Waals surface area contributed by atoms with Crippen LogP contribution in [0.4, 0.5) is 11.5 Å². The van der Waals surface area contributed by atoms with Crippen LogP contribution in [0.15, 0.2) is 30.5 Å². The van der Waals surface area contributed by atoms with Gasteiger partial charge in [-0.3, -0.25) is 9.59 Å². The summed E-state index contributed by atoms with van der Waals surface area (Å²) in [6.45, 7) is 6.19. The number of aromatic hydroxyl groups is 1. The SMILES string of the molecule is Cc1cc([C@H]2CC[C@H](C)CN2C(=O)C(=O)Nc2cnc(N)c(C)c2)ccc1O. The smallest absolute Gasteiger partial charge is 0.313 e. The Labute approximate surface area is 164 Å². The van der Waals surface area contributed by atoms with Crippen molar-refractivity contribution in [3.8, 4) is 5.75 Å². The van der Waals surface area contributed by atoms with Crippen LogP contribution in [0, 0.1) is 19.8 Å². The number of carbonyl (C=O) groups excluding carboxylic acids is 2. The number of aromatic nitrogens is 1. The number of phenols is 1. The zero-order valence-electron chi connectivity index (χ0n) is 16.4. The van der Waals surface area contributed by atoms with Gasteiger partial charge >= 0.3 is 11.8 Å². The summed E-state index contributed by atoms with van der Waals surface area (Å²) in [6.07, 6.45) is 3.18. The molecule has 1 aromatic carbocycles. The monoisotopic (exact) mass is 382 g/mol. The van der Waals surface area contributed by atoms with E-state index in [-0.39, 0.29) is 11.8 Å². The molecular weight excluding hydrogens is 356 g/mol. The van der Waals surface area contributed by atoms with Gasteiger partial charge in [0.15, 0.2) is 0 Å². The third-order valence-electron chi connectivity index (χ3n) is 5.25. The fourth-order valence-electron chi connectivity index (χ4n) is 3.58.